The van der Waals surface area contributed by atoms with Crippen LogP contribution in [-0.4, -0.2) is 23.8 Å². The Hall–Kier alpha value is -1.12. The van der Waals surface area contributed by atoms with E-state index >= 15 is 0 Å². The first kappa shape index (κ1) is 13.9. The Balaban J connectivity index is 2.27. The second kappa shape index (κ2) is 7.25. The first-order chi connectivity index (χ1) is 8.20. The predicted octanol–water partition coefficient (Wildman–Crippen LogP) is 2.84. The minimum Gasteiger partial charge on any atom is -0.389 e. The van der Waals surface area contributed by atoms with Gasteiger partial charge in [0.15, 0.2) is 0 Å². The molecule has 1 rings (SSSR count). The summed E-state index contributed by atoms with van der Waals surface area (Å²) in [7, 11) is 0. The highest BCUT2D eigenvalue weighted by Crippen LogP contribution is 2.12. The number of aliphatic hydroxyl groups is 1. The highest BCUT2D eigenvalue weighted by molar-refractivity contribution is 5.48. The van der Waals surface area contributed by atoms with Gasteiger partial charge in [-0.1, -0.05) is 56.3 Å². The number of hydrogen-bond donors (Lipinski definition) is 2. The first-order valence-corrected chi connectivity index (χ1v) is 6.35. The minimum atomic E-state index is -0.555. The molecule has 94 valence electrons. The molecule has 0 saturated carbocycles. The molecule has 2 heteroatoms. The molecule has 0 atom stereocenters. The van der Waals surface area contributed by atoms with Crippen LogP contribution in [0.4, 0.5) is 0 Å². The average molecular weight is 233 g/mol. The molecular formula is C15H23NO. The van der Waals surface area contributed by atoms with Gasteiger partial charge in [0, 0.05) is 13.1 Å². The lowest BCUT2D eigenvalue weighted by atomic mass is 9.98. The van der Waals surface area contributed by atoms with Gasteiger partial charge < -0.3 is 10.4 Å². The van der Waals surface area contributed by atoms with Crippen LogP contribution >= 0.6 is 0 Å². The third kappa shape index (κ3) is 5.16. The summed E-state index contributed by atoms with van der Waals surface area (Å²) >= 11 is 0. The Bertz CT molecular complexity index is 328. The molecule has 0 amide bonds. The van der Waals surface area contributed by atoms with Crippen molar-refractivity contribution in [2.45, 2.75) is 32.3 Å². The fourth-order valence-electron chi connectivity index (χ4n) is 1.65. The molecule has 2 nitrogen and oxygen atoms in total. The molecule has 0 bridgehead atoms. The maximum atomic E-state index is 10.1. The highest BCUT2D eigenvalue weighted by atomic mass is 16.3. The van der Waals surface area contributed by atoms with Crippen LogP contribution in [0.3, 0.4) is 0 Å². The second-order valence-electron chi connectivity index (χ2n) is 4.38. The summed E-state index contributed by atoms with van der Waals surface area (Å²) in [5.74, 6) is 0. The molecule has 0 aromatic heterocycles. The third-order valence-electron chi connectivity index (χ3n) is 3.14. The maximum absolute atomic E-state index is 10.1. The summed E-state index contributed by atoms with van der Waals surface area (Å²) in [5, 5.41) is 13.3. The van der Waals surface area contributed by atoms with Crippen molar-refractivity contribution in [1.82, 2.24) is 5.32 Å². The molecular weight excluding hydrogens is 210 g/mol. The normalized spacial score (nSPS) is 12.2. The van der Waals surface area contributed by atoms with Crippen molar-refractivity contribution in [2.75, 3.05) is 13.1 Å². The monoisotopic (exact) mass is 233 g/mol. The molecule has 17 heavy (non-hydrogen) atoms. The van der Waals surface area contributed by atoms with Gasteiger partial charge in [0.05, 0.1) is 5.60 Å². The number of hydrogen-bond acceptors (Lipinski definition) is 2. The lowest BCUT2D eigenvalue weighted by molar-refractivity contribution is 0.0335. The molecule has 0 aliphatic heterocycles. The van der Waals surface area contributed by atoms with E-state index < -0.39 is 5.60 Å². The third-order valence-corrected chi connectivity index (χ3v) is 3.14. The van der Waals surface area contributed by atoms with Crippen LogP contribution in [-0.2, 0) is 0 Å². The van der Waals surface area contributed by atoms with Crippen molar-refractivity contribution >= 4 is 6.08 Å². The first-order valence-electron chi connectivity index (χ1n) is 6.35. The van der Waals surface area contributed by atoms with Crippen LogP contribution in [0.5, 0.6) is 0 Å². The van der Waals surface area contributed by atoms with Crippen molar-refractivity contribution in [3.8, 4) is 0 Å². The number of benzene rings is 1. The summed E-state index contributed by atoms with van der Waals surface area (Å²) in [4.78, 5) is 0. The van der Waals surface area contributed by atoms with Gasteiger partial charge in [0.2, 0.25) is 0 Å². The van der Waals surface area contributed by atoms with Gasteiger partial charge in [0.25, 0.3) is 0 Å². The zero-order chi connectivity index (χ0) is 12.6. The lowest BCUT2D eigenvalue weighted by Gasteiger charge is -2.25. The Labute approximate surface area is 104 Å². The van der Waals surface area contributed by atoms with Crippen molar-refractivity contribution < 1.29 is 5.11 Å². The summed E-state index contributed by atoms with van der Waals surface area (Å²) in [6.45, 7) is 5.48. The smallest absolute Gasteiger partial charge is 0.0766 e. The van der Waals surface area contributed by atoms with Gasteiger partial charge in [-0.2, -0.15) is 0 Å². The lowest BCUT2D eigenvalue weighted by Crippen LogP contribution is -2.39. The van der Waals surface area contributed by atoms with Crippen molar-refractivity contribution in [2.24, 2.45) is 0 Å². The van der Waals surface area contributed by atoms with Crippen molar-refractivity contribution in [3.05, 3.63) is 42.0 Å². The highest BCUT2D eigenvalue weighted by Gasteiger charge is 2.20. The van der Waals surface area contributed by atoms with Gasteiger partial charge in [-0.05, 0) is 18.4 Å². The standard InChI is InChI=1S/C15H23NO/c1-3-15(17,4-2)13-16-12-8-11-14-9-6-5-7-10-14/h5-11,16-17H,3-4,12-13H2,1-2H3. The van der Waals surface area contributed by atoms with E-state index in [1.54, 1.807) is 0 Å². The van der Waals surface area contributed by atoms with Crippen LogP contribution in [0.1, 0.15) is 32.3 Å². The van der Waals surface area contributed by atoms with Crippen LogP contribution in [0.15, 0.2) is 36.4 Å². The average Bonchev–Trinajstić information content (AvgIpc) is 2.39. The van der Waals surface area contributed by atoms with E-state index in [1.165, 1.54) is 5.56 Å². The molecule has 0 aliphatic carbocycles. The van der Waals surface area contributed by atoms with Crippen LogP contribution in [0.25, 0.3) is 6.08 Å². The molecule has 0 aliphatic rings. The van der Waals surface area contributed by atoms with Gasteiger partial charge in [0.1, 0.15) is 0 Å². The zero-order valence-electron chi connectivity index (χ0n) is 10.8. The Morgan fingerprint density at radius 3 is 2.41 bits per heavy atom. The quantitative estimate of drug-likeness (QED) is 0.710. The summed E-state index contributed by atoms with van der Waals surface area (Å²) in [5.41, 5.74) is 0.649. The molecule has 0 spiro atoms. The van der Waals surface area contributed by atoms with Crippen molar-refractivity contribution in [1.29, 1.82) is 0 Å². The molecule has 1 aromatic rings. The molecule has 0 heterocycles. The Morgan fingerprint density at radius 2 is 1.82 bits per heavy atom. The molecule has 0 unspecified atom stereocenters. The predicted molar refractivity (Wildman–Crippen MR) is 73.9 cm³/mol. The molecule has 1 aromatic carbocycles. The summed E-state index contributed by atoms with van der Waals surface area (Å²) in [6, 6.07) is 10.2. The van der Waals surface area contributed by atoms with Crippen LogP contribution in [0, 0.1) is 0 Å². The van der Waals surface area contributed by atoms with E-state index in [2.05, 4.69) is 29.6 Å². The topological polar surface area (TPSA) is 32.3 Å². The molecule has 0 saturated heterocycles. The van der Waals surface area contributed by atoms with E-state index in [1.807, 2.05) is 32.0 Å². The molecule has 0 fully saturated rings. The number of rotatable bonds is 7. The zero-order valence-corrected chi connectivity index (χ0v) is 10.8. The fraction of sp³-hybridized carbons (Fsp3) is 0.467. The van der Waals surface area contributed by atoms with E-state index in [0.29, 0.717) is 6.54 Å². The van der Waals surface area contributed by atoms with Crippen LogP contribution < -0.4 is 5.32 Å². The summed E-state index contributed by atoms with van der Waals surface area (Å²) in [6.07, 6.45) is 5.75. The fourth-order valence-corrected chi connectivity index (χ4v) is 1.65. The molecule has 2 N–H and O–H groups in total. The van der Waals surface area contributed by atoms with E-state index in [4.69, 9.17) is 0 Å². The Kier molecular flexibility index (Phi) is 5.95. The van der Waals surface area contributed by atoms with Crippen LogP contribution in [0.2, 0.25) is 0 Å². The Morgan fingerprint density at radius 1 is 1.18 bits per heavy atom. The largest absolute Gasteiger partial charge is 0.389 e. The molecule has 0 radical (unpaired) electrons. The van der Waals surface area contributed by atoms with Crippen molar-refractivity contribution in [3.63, 3.8) is 0 Å². The second-order valence-corrected chi connectivity index (χ2v) is 4.38. The number of nitrogens with one attached hydrogen (secondary N) is 1. The maximum Gasteiger partial charge on any atom is 0.0766 e. The minimum absolute atomic E-state index is 0.555. The SMILES string of the molecule is CCC(O)(CC)CNCC=Cc1ccccc1. The van der Waals surface area contributed by atoms with E-state index in [9.17, 15) is 5.11 Å². The van der Waals surface area contributed by atoms with Gasteiger partial charge >= 0.3 is 0 Å². The van der Waals surface area contributed by atoms with E-state index in [0.717, 1.165) is 19.4 Å². The summed E-state index contributed by atoms with van der Waals surface area (Å²) < 4.78 is 0. The van der Waals surface area contributed by atoms with E-state index in [-0.39, 0.29) is 0 Å². The van der Waals surface area contributed by atoms with Gasteiger partial charge in [-0.3, -0.25) is 0 Å². The van der Waals surface area contributed by atoms with Gasteiger partial charge in [-0.15, -0.1) is 0 Å². The van der Waals surface area contributed by atoms with Gasteiger partial charge in [-0.25, -0.2) is 0 Å².